The molecule has 0 spiro atoms. The van der Waals surface area contributed by atoms with Crippen molar-refractivity contribution in [3.63, 3.8) is 0 Å². The van der Waals surface area contributed by atoms with Crippen LogP contribution in [-0.2, 0) is 14.8 Å². The highest BCUT2D eigenvalue weighted by Crippen LogP contribution is 2.48. The lowest BCUT2D eigenvalue weighted by atomic mass is 10.0. The van der Waals surface area contributed by atoms with Gasteiger partial charge in [0, 0.05) is 25.1 Å². The molecule has 1 fully saturated rings. The first-order valence-corrected chi connectivity index (χ1v) is 9.22. The average molecular weight is 368 g/mol. The zero-order valence-corrected chi connectivity index (χ0v) is 14.3. The first-order chi connectivity index (χ1) is 8.88. The Morgan fingerprint density at radius 2 is 2.21 bits per heavy atom. The van der Waals surface area contributed by atoms with Gasteiger partial charge in [0.1, 0.15) is 0 Å². The summed E-state index contributed by atoms with van der Waals surface area (Å²) in [5, 5.41) is 0. The molecule has 0 unspecified atom stereocenters. The zero-order chi connectivity index (χ0) is 14.1. The summed E-state index contributed by atoms with van der Waals surface area (Å²) in [5.41, 5.74) is 0.115. The molecular weight excluding hydrogens is 350 g/mol. The van der Waals surface area contributed by atoms with Crippen molar-refractivity contribution in [2.75, 3.05) is 20.3 Å². The standard InChI is InChI=1S/C12H18BrNO3S2/c1-9-10(7-11(13)18-9)19(15,16)14-8-12(3-4-12)5-6-17-2/h7,14H,3-6,8H2,1-2H3. The van der Waals surface area contributed by atoms with Crippen molar-refractivity contribution in [1.29, 1.82) is 0 Å². The molecule has 0 atom stereocenters. The van der Waals surface area contributed by atoms with Gasteiger partial charge < -0.3 is 4.74 Å². The SMILES string of the molecule is COCCC1(CNS(=O)(=O)c2cc(Br)sc2C)CC1. The second-order valence-corrected chi connectivity index (χ2v) is 9.41. The second-order valence-electron chi connectivity index (χ2n) is 5.04. The van der Waals surface area contributed by atoms with Crippen LogP contribution in [-0.4, -0.2) is 28.7 Å². The van der Waals surface area contributed by atoms with E-state index in [-0.39, 0.29) is 5.41 Å². The summed E-state index contributed by atoms with van der Waals surface area (Å²) in [7, 11) is -1.73. The molecule has 1 heterocycles. The Labute approximate surface area is 126 Å². The fraction of sp³-hybridized carbons (Fsp3) is 0.667. The average Bonchev–Trinajstić information content (AvgIpc) is 3.03. The molecule has 0 radical (unpaired) electrons. The van der Waals surface area contributed by atoms with E-state index in [1.165, 1.54) is 11.3 Å². The Kier molecular flexibility index (Phi) is 4.72. The van der Waals surface area contributed by atoms with E-state index in [2.05, 4.69) is 20.7 Å². The molecule has 1 aliphatic rings. The van der Waals surface area contributed by atoms with Crippen LogP contribution in [0.4, 0.5) is 0 Å². The Hall–Kier alpha value is 0.0500. The number of methoxy groups -OCH3 is 1. The van der Waals surface area contributed by atoms with Crippen LogP contribution >= 0.6 is 27.3 Å². The minimum atomic E-state index is -3.40. The molecule has 2 rings (SSSR count). The van der Waals surface area contributed by atoms with Crippen LogP contribution < -0.4 is 4.72 Å². The molecule has 0 bridgehead atoms. The van der Waals surface area contributed by atoms with Crippen molar-refractivity contribution in [3.05, 3.63) is 14.7 Å². The number of aryl methyl sites for hydroxylation is 1. The summed E-state index contributed by atoms with van der Waals surface area (Å²) >= 11 is 4.76. The van der Waals surface area contributed by atoms with Gasteiger partial charge in [0.05, 0.1) is 8.68 Å². The van der Waals surface area contributed by atoms with E-state index in [4.69, 9.17) is 4.74 Å². The van der Waals surface area contributed by atoms with Crippen molar-refractivity contribution in [1.82, 2.24) is 4.72 Å². The molecule has 0 aliphatic heterocycles. The van der Waals surface area contributed by atoms with Crippen LogP contribution in [0, 0.1) is 12.3 Å². The van der Waals surface area contributed by atoms with Crippen LogP contribution in [0.3, 0.4) is 0 Å². The number of ether oxygens (including phenoxy) is 1. The molecule has 7 heteroatoms. The topological polar surface area (TPSA) is 55.4 Å². The van der Waals surface area contributed by atoms with E-state index in [1.807, 2.05) is 6.92 Å². The molecule has 0 aromatic carbocycles. The fourth-order valence-electron chi connectivity index (χ4n) is 2.03. The highest BCUT2D eigenvalue weighted by molar-refractivity contribution is 9.11. The quantitative estimate of drug-likeness (QED) is 0.805. The lowest BCUT2D eigenvalue weighted by Gasteiger charge is -2.15. The fourth-order valence-corrected chi connectivity index (χ4v) is 5.60. The molecule has 0 amide bonds. The Morgan fingerprint density at radius 1 is 1.53 bits per heavy atom. The predicted molar refractivity (Wildman–Crippen MR) is 80.1 cm³/mol. The van der Waals surface area contributed by atoms with Gasteiger partial charge in [-0.1, -0.05) is 0 Å². The molecule has 1 aromatic rings. The maximum absolute atomic E-state index is 12.3. The summed E-state index contributed by atoms with van der Waals surface area (Å²) in [4.78, 5) is 1.19. The molecule has 1 N–H and O–H groups in total. The minimum absolute atomic E-state index is 0.115. The number of hydrogen-bond acceptors (Lipinski definition) is 4. The molecule has 19 heavy (non-hydrogen) atoms. The largest absolute Gasteiger partial charge is 0.385 e. The third-order valence-corrected chi connectivity index (χ3v) is 6.77. The van der Waals surface area contributed by atoms with Crippen molar-refractivity contribution >= 4 is 37.3 Å². The maximum atomic E-state index is 12.3. The van der Waals surface area contributed by atoms with Gasteiger partial charge in [-0.05, 0) is 53.6 Å². The zero-order valence-electron chi connectivity index (χ0n) is 11.0. The maximum Gasteiger partial charge on any atom is 0.241 e. The third kappa shape index (κ3) is 3.78. The molecule has 1 aliphatic carbocycles. The van der Waals surface area contributed by atoms with Gasteiger partial charge in [0.15, 0.2) is 0 Å². The molecule has 4 nitrogen and oxygen atoms in total. The van der Waals surface area contributed by atoms with E-state index in [0.717, 1.165) is 27.9 Å². The van der Waals surface area contributed by atoms with Crippen LogP contribution in [0.5, 0.6) is 0 Å². The summed E-state index contributed by atoms with van der Waals surface area (Å²) in [6, 6.07) is 1.66. The van der Waals surface area contributed by atoms with Crippen LogP contribution in [0.1, 0.15) is 24.1 Å². The summed E-state index contributed by atoms with van der Waals surface area (Å²) in [6.07, 6.45) is 3.06. The van der Waals surface area contributed by atoms with Crippen LogP contribution in [0.25, 0.3) is 0 Å². The third-order valence-electron chi connectivity index (χ3n) is 3.56. The first-order valence-electron chi connectivity index (χ1n) is 6.13. The molecular formula is C12H18BrNO3S2. The summed E-state index contributed by atoms with van der Waals surface area (Å²) in [6.45, 7) is 3.01. The van der Waals surface area contributed by atoms with Crippen molar-refractivity contribution in [3.8, 4) is 0 Å². The van der Waals surface area contributed by atoms with Gasteiger partial charge in [-0.3, -0.25) is 0 Å². The van der Waals surface area contributed by atoms with Gasteiger partial charge in [0.25, 0.3) is 0 Å². The number of thiophene rings is 1. The Morgan fingerprint density at radius 3 is 2.68 bits per heavy atom. The molecule has 0 saturated heterocycles. The van der Waals surface area contributed by atoms with Crippen molar-refractivity contribution in [2.24, 2.45) is 5.41 Å². The smallest absolute Gasteiger partial charge is 0.241 e. The van der Waals surface area contributed by atoms with E-state index in [0.29, 0.717) is 18.0 Å². The molecule has 108 valence electrons. The molecule has 1 aromatic heterocycles. The Bertz CT molecular complexity index is 549. The minimum Gasteiger partial charge on any atom is -0.385 e. The summed E-state index contributed by atoms with van der Waals surface area (Å²) < 4.78 is 33.2. The van der Waals surface area contributed by atoms with Crippen LogP contribution in [0.2, 0.25) is 0 Å². The van der Waals surface area contributed by atoms with Crippen molar-refractivity contribution in [2.45, 2.75) is 31.1 Å². The van der Waals surface area contributed by atoms with E-state index in [9.17, 15) is 8.42 Å². The Balaban J connectivity index is 2.01. The van der Waals surface area contributed by atoms with Crippen LogP contribution in [0.15, 0.2) is 14.7 Å². The van der Waals surface area contributed by atoms with Crippen molar-refractivity contribution < 1.29 is 13.2 Å². The van der Waals surface area contributed by atoms with Gasteiger partial charge in [0.2, 0.25) is 10.0 Å². The predicted octanol–water partition coefficient (Wildman–Crippen LogP) is 2.91. The number of halogens is 1. The van der Waals surface area contributed by atoms with E-state index in [1.54, 1.807) is 13.2 Å². The number of nitrogens with one attached hydrogen (secondary N) is 1. The second kappa shape index (κ2) is 5.81. The van der Waals surface area contributed by atoms with E-state index >= 15 is 0 Å². The highest BCUT2D eigenvalue weighted by atomic mass is 79.9. The monoisotopic (exact) mass is 367 g/mol. The number of rotatable bonds is 7. The molecule has 1 saturated carbocycles. The number of sulfonamides is 1. The van der Waals surface area contributed by atoms with Gasteiger partial charge in [-0.15, -0.1) is 11.3 Å². The van der Waals surface area contributed by atoms with Gasteiger partial charge in [-0.2, -0.15) is 0 Å². The first kappa shape index (κ1) is 15.4. The highest BCUT2D eigenvalue weighted by Gasteiger charge is 2.42. The van der Waals surface area contributed by atoms with Gasteiger partial charge in [-0.25, -0.2) is 13.1 Å². The van der Waals surface area contributed by atoms with Gasteiger partial charge >= 0.3 is 0 Å². The number of hydrogen-bond donors (Lipinski definition) is 1. The normalized spacial score (nSPS) is 17.6. The lowest BCUT2D eigenvalue weighted by Crippen LogP contribution is -2.31. The summed E-state index contributed by atoms with van der Waals surface area (Å²) in [5.74, 6) is 0. The van der Waals surface area contributed by atoms with E-state index < -0.39 is 10.0 Å². The lowest BCUT2D eigenvalue weighted by molar-refractivity contribution is 0.173.